The lowest BCUT2D eigenvalue weighted by Gasteiger charge is -2.26. The van der Waals surface area contributed by atoms with Gasteiger partial charge in [0.1, 0.15) is 17.9 Å². The number of amides is 2. The largest absolute Gasteiger partial charge is 0.573 e. The van der Waals surface area contributed by atoms with Gasteiger partial charge in [0, 0.05) is 29.6 Å². The van der Waals surface area contributed by atoms with Gasteiger partial charge in [-0.3, -0.25) is 0 Å². The first-order chi connectivity index (χ1) is 21.6. The van der Waals surface area contributed by atoms with E-state index in [1.807, 2.05) is 37.3 Å². The Bertz CT molecular complexity index is 1740. The number of aromatic nitrogens is 3. The number of aryl methyl sites for hydroxylation is 2. The van der Waals surface area contributed by atoms with Crippen molar-refractivity contribution in [3.8, 4) is 22.8 Å². The smallest absolute Gasteiger partial charge is 0.406 e. The van der Waals surface area contributed by atoms with Crippen LogP contribution in [-0.4, -0.2) is 39.0 Å². The molecule has 1 N–H and O–H groups in total. The highest BCUT2D eigenvalue weighted by molar-refractivity contribution is 6.09. The van der Waals surface area contributed by atoms with E-state index < -0.39 is 6.36 Å². The van der Waals surface area contributed by atoms with Crippen LogP contribution in [-0.2, 0) is 0 Å². The molecule has 3 aromatic carbocycles. The van der Waals surface area contributed by atoms with Crippen LogP contribution in [0.2, 0.25) is 0 Å². The second kappa shape index (κ2) is 12.2. The normalized spacial score (nSPS) is 19.2. The molecule has 0 radical (unpaired) electrons. The van der Waals surface area contributed by atoms with Gasteiger partial charge in [-0.25, -0.2) is 14.5 Å². The van der Waals surface area contributed by atoms with E-state index >= 15 is 0 Å². The van der Waals surface area contributed by atoms with Crippen LogP contribution in [0.3, 0.4) is 0 Å². The molecule has 1 aliphatic carbocycles. The molecular formula is C34H33F3N6O2. The summed E-state index contributed by atoms with van der Waals surface area (Å²) in [6.07, 6.45) is 2.29. The highest BCUT2D eigenvalue weighted by Crippen LogP contribution is 2.36. The highest BCUT2D eigenvalue weighted by Gasteiger charge is 2.32. The van der Waals surface area contributed by atoms with E-state index in [1.165, 1.54) is 35.3 Å². The van der Waals surface area contributed by atoms with Crippen molar-refractivity contribution in [1.29, 1.82) is 0 Å². The Labute approximate surface area is 259 Å². The number of hydrogen-bond donors (Lipinski definition) is 1. The topological polar surface area (TPSA) is 84.6 Å². The van der Waals surface area contributed by atoms with Gasteiger partial charge in [-0.1, -0.05) is 55.0 Å². The molecule has 6 rings (SSSR count). The van der Waals surface area contributed by atoms with Gasteiger partial charge < -0.3 is 15.0 Å². The van der Waals surface area contributed by atoms with Gasteiger partial charge in [-0.15, -0.1) is 18.3 Å². The molecule has 1 fully saturated rings. The molecule has 1 aliphatic heterocycles. The van der Waals surface area contributed by atoms with Crippen LogP contribution in [0.4, 0.5) is 23.7 Å². The molecule has 11 heteroatoms. The molecule has 0 spiro atoms. The standard InChI is InChI=1S/C34H33F3N6O2/c1-21-6-4-7-22(2)31(21)43-23(3)10-19-30(43)40-33(44)39-29-9-5-8-28(29)24-11-13-25(14-12-24)32-38-20-42(41-32)26-15-17-27(18-16-26)45-34(35,36)37/h4,6-7,10-18,20,28-29H,5,8-9,19H2,1-3H3,(H,39,44). The van der Waals surface area contributed by atoms with Gasteiger partial charge in [-0.2, -0.15) is 4.99 Å². The summed E-state index contributed by atoms with van der Waals surface area (Å²) in [4.78, 5) is 24.2. The maximum absolute atomic E-state index is 13.2. The summed E-state index contributed by atoms with van der Waals surface area (Å²) < 4.78 is 42.8. The first kappa shape index (κ1) is 30.1. The predicted molar refractivity (Wildman–Crippen MR) is 167 cm³/mol. The van der Waals surface area contributed by atoms with Gasteiger partial charge in [0.15, 0.2) is 5.82 Å². The Kier molecular flexibility index (Phi) is 8.18. The van der Waals surface area contributed by atoms with Crippen LogP contribution in [0.25, 0.3) is 17.1 Å². The molecule has 2 aliphatic rings. The van der Waals surface area contributed by atoms with Crippen molar-refractivity contribution < 1.29 is 22.7 Å². The Morgan fingerprint density at radius 3 is 2.38 bits per heavy atom. The number of anilines is 1. The minimum Gasteiger partial charge on any atom is -0.406 e. The summed E-state index contributed by atoms with van der Waals surface area (Å²) in [7, 11) is 0. The number of carbonyl (C=O) groups is 1. The van der Waals surface area contributed by atoms with Gasteiger partial charge in [0.25, 0.3) is 0 Å². The number of nitrogens with one attached hydrogen (secondary N) is 1. The average Bonchev–Trinajstić information content (AvgIpc) is 3.74. The van der Waals surface area contributed by atoms with Crippen molar-refractivity contribution in [2.45, 2.75) is 64.8 Å². The van der Waals surface area contributed by atoms with Crippen LogP contribution in [0.1, 0.15) is 55.2 Å². The van der Waals surface area contributed by atoms with Gasteiger partial charge >= 0.3 is 12.4 Å². The summed E-state index contributed by atoms with van der Waals surface area (Å²) in [6, 6.07) is 19.2. The highest BCUT2D eigenvalue weighted by atomic mass is 19.4. The quantitative estimate of drug-likeness (QED) is 0.238. The summed E-state index contributed by atoms with van der Waals surface area (Å²) >= 11 is 0. The minimum atomic E-state index is -4.75. The number of nitrogens with zero attached hydrogens (tertiary/aromatic N) is 5. The van der Waals surface area contributed by atoms with E-state index in [1.54, 1.807) is 0 Å². The lowest BCUT2D eigenvalue weighted by atomic mass is 9.93. The van der Waals surface area contributed by atoms with Gasteiger partial charge in [-0.05, 0) is 74.6 Å². The Hall–Kier alpha value is -4.93. The Balaban J connectivity index is 1.12. The average molecular weight is 615 g/mol. The monoisotopic (exact) mass is 614 g/mol. The van der Waals surface area contributed by atoms with E-state index in [4.69, 9.17) is 0 Å². The number of carbonyl (C=O) groups excluding carboxylic acids is 1. The number of ether oxygens (including phenoxy) is 1. The Morgan fingerprint density at radius 2 is 1.69 bits per heavy atom. The number of alkyl halides is 3. The van der Waals surface area contributed by atoms with Crippen LogP contribution >= 0.6 is 0 Å². The van der Waals surface area contributed by atoms with Crippen molar-refractivity contribution in [2.24, 2.45) is 4.99 Å². The van der Waals surface area contributed by atoms with E-state index in [0.29, 0.717) is 17.9 Å². The third-order valence-electron chi connectivity index (χ3n) is 8.33. The molecule has 8 nitrogen and oxygen atoms in total. The fraction of sp³-hybridized carbons (Fsp3) is 0.294. The first-order valence-electron chi connectivity index (χ1n) is 14.8. The predicted octanol–water partition coefficient (Wildman–Crippen LogP) is 8.01. The third kappa shape index (κ3) is 6.62. The molecule has 2 amide bonds. The molecule has 2 atom stereocenters. The zero-order chi connectivity index (χ0) is 31.7. The number of allylic oxidation sites excluding steroid dienone is 1. The van der Waals surface area contributed by atoms with E-state index in [-0.39, 0.29) is 23.7 Å². The minimum absolute atomic E-state index is 0.0292. The molecule has 1 saturated carbocycles. The number of halogens is 3. The van der Waals surface area contributed by atoms with E-state index in [2.05, 4.69) is 62.1 Å². The van der Waals surface area contributed by atoms with Crippen molar-refractivity contribution in [3.63, 3.8) is 0 Å². The summed E-state index contributed by atoms with van der Waals surface area (Å²) in [5.41, 5.74) is 6.86. The van der Waals surface area contributed by atoms with Crippen LogP contribution in [0.5, 0.6) is 5.75 Å². The summed E-state index contributed by atoms with van der Waals surface area (Å²) in [5, 5.41) is 7.67. The number of urea groups is 1. The third-order valence-corrected chi connectivity index (χ3v) is 8.33. The van der Waals surface area contributed by atoms with Crippen LogP contribution in [0, 0.1) is 13.8 Å². The van der Waals surface area contributed by atoms with E-state index in [9.17, 15) is 18.0 Å². The molecule has 4 aromatic rings. The number of hydrogen-bond acceptors (Lipinski definition) is 4. The lowest BCUT2D eigenvalue weighted by molar-refractivity contribution is -0.274. The first-order valence-corrected chi connectivity index (χ1v) is 14.8. The van der Waals surface area contributed by atoms with Crippen molar-refractivity contribution in [1.82, 2.24) is 20.1 Å². The van der Waals surface area contributed by atoms with Gasteiger partial charge in [0.2, 0.25) is 0 Å². The zero-order valence-corrected chi connectivity index (χ0v) is 25.2. The fourth-order valence-corrected chi connectivity index (χ4v) is 6.22. The number of aliphatic imine (C=N–C) groups is 1. The summed E-state index contributed by atoms with van der Waals surface area (Å²) in [6.45, 7) is 6.18. The van der Waals surface area contributed by atoms with Crippen molar-refractivity contribution >= 4 is 17.6 Å². The van der Waals surface area contributed by atoms with Crippen molar-refractivity contribution in [2.75, 3.05) is 4.90 Å². The molecular weight excluding hydrogens is 581 g/mol. The Morgan fingerprint density at radius 1 is 0.978 bits per heavy atom. The SMILES string of the molecule is CC1=CCC(=NC(=O)NC2CCCC2c2ccc(-c3ncn(-c4ccc(OC(F)(F)F)cc4)n3)cc2)N1c1c(C)cccc1C. The number of benzene rings is 3. The molecule has 1 aromatic heterocycles. The second-order valence-electron chi connectivity index (χ2n) is 11.4. The molecule has 2 unspecified atom stereocenters. The maximum atomic E-state index is 13.2. The molecule has 2 heterocycles. The zero-order valence-electron chi connectivity index (χ0n) is 25.2. The molecule has 45 heavy (non-hydrogen) atoms. The van der Waals surface area contributed by atoms with Crippen molar-refractivity contribution in [3.05, 3.63) is 102 Å². The molecule has 0 bridgehead atoms. The number of para-hydroxylation sites is 1. The second-order valence-corrected chi connectivity index (χ2v) is 11.4. The van der Waals surface area contributed by atoms with Crippen LogP contribution < -0.4 is 15.0 Å². The summed E-state index contributed by atoms with van der Waals surface area (Å²) in [5.74, 6) is 1.06. The van der Waals surface area contributed by atoms with Crippen LogP contribution in [0.15, 0.2) is 89.8 Å². The lowest BCUT2D eigenvalue weighted by Crippen LogP contribution is -2.36. The maximum Gasteiger partial charge on any atom is 0.573 e. The number of rotatable bonds is 6. The molecule has 0 saturated heterocycles. The van der Waals surface area contributed by atoms with Gasteiger partial charge in [0.05, 0.1) is 11.4 Å². The fourth-order valence-electron chi connectivity index (χ4n) is 6.22. The van der Waals surface area contributed by atoms with E-state index in [0.717, 1.165) is 58.7 Å². The number of amidine groups is 1. The molecule has 232 valence electrons.